The molecule has 0 saturated carbocycles. The van der Waals surface area contributed by atoms with Crippen LogP contribution in [0.5, 0.6) is 0 Å². The molecular formula is C8H11N5O2. The van der Waals surface area contributed by atoms with Gasteiger partial charge in [-0.05, 0) is 6.42 Å². The maximum Gasteiger partial charge on any atom is 0.349 e. The minimum atomic E-state index is -0.506. The average Bonchev–Trinajstić information content (AvgIpc) is 2.65. The molecular weight excluding hydrogens is 198 g/mol. The fourth-order valence-corrected chi connectivity index (χ4v) is 1.28. The summed E-state index contributed by atoms with van der Waals surface area (Å²) in [7, 11) is 0. The van der Waals surface area contributed by atoms with E-state index in [1.807, 2.05) is 6.92 Å². The fourth-order valence-electron chi connectivity index (χ4n) is 1.28. The summed E-state index contributed by atoms with van der Waals surface area (Å²) in [4.78, 5) is 32.2. The third-order valence-electron chi connectivity index (χ3n) is 2.00. The number of nitrogens with zero attached hydrogens (tertiary/aromatic N) is 2. The van der Waals surface area contributed by atoms with Crippen LogP contribution in [0.15, 0.2) is 15.9 Å². The number of aromatic nitrogens is 4. The standard InChI is InChI=1S/C8H11N5O2/c1-2-3-11-13-7(14)5-6(10-4-9-5)12-8(13)15/h4,11H,2-3H2,1H3,(H,9,10)(H,12,15). The number of hydrogen-bond acceptors (Lipinski definition) is 4. The van der Waals surface area contributed by atoms with Crippen molar-refractivity contribution in [1.29, 1.82) is 0 Å². The zero-order chi connectivity index (χ0) is 10.8. The first-order valence-corrected chi connectivity index (χ1v) is 4.66. The van der Waals surface area contributed by atoms with Crippen molar-refractivity contribution in [3.05, 3.63) is 27.2 Å². The highest BCUT2D eigenvalue weighted by Gasteiger charge is 2.07. The van der Waals surface area contributed by atoms with E-state index < -0.39 is 11.2 Å². The van der Waals surface area contributed by atoms with Gasteiger partial charge in [-0.2, -0.15) is 4.68 Å². The second-order valence-electron chi connectivity index (χ2n) is 3.10. The van der Waals surface area contributed by atoms with Gasteiger partial charge in [0.1, 0.15) is 0 Å². The number of nitrogens with one attached hydrogen (secondary N) is 3. The molecule has 2 aromatic rings. The van der Waals surface area contributed by atoms with E-state index in [1.165, 1.54) is 6.33 Å². The van der Waals surface area contributed by atoms with Crippen molar-refractivity contribution in [2.45, 2.75) is 13.3 Å². The van der Waals surface area contributed by atoms with E-state index in [-0.39, 0.29) is 5.65 Å². The lowest BCUT2D eigenvalue weighted by atomic mass is 10.5. The van der Waals surface area contributed by atoms with Crippen LogP contribution in [-0.4, -0.2) is 26.2 Å². The summed E-state index contributed by atoms with van der Waals surface area (Å²) in [5.74, 6) is 0. The lowest BCUT2D eigenvalue weighted by Crippen LogP contribution is -2.41. The van der Waals surface area contributed by atoms with Crippen LogP contribution in [0.1, 0.15) is 13.3 Å². The minimum absolute atomic E-state index is 0.277. The van der Waals surface area contributed by atoms with E-state index in [2.05, 4.69) is 20.4 Å². The maximum atomic E-state index is 11.7. The summed E-state index contributed by atoms with van der Waals surface area (Å²) in [6.07, 6.45) is 2.19. The Balaban J connectivity index is 2.62. The monoisotopic (exact) mass is 209 g/mol. The Bertz CT molecular complexity index is 578. The Hall–Kier alpha value is -2.05. The van der Waals surface area contributed by atoms with Gasteiger partial charge in [0.25, 0.3) is 0 Å². The molecule has 0 bridgehead atoms. The molecule has 2 rings (SSSR count). The molecule has 0 fully saturated rings. The zero-order valence-corrected chi connectivity index (χ0v) is 8.20. The number of fused-ring (bicyclic) bond motifs is 1. The van der Waals surface area contributed by atoms with E-state index >= 15 is 0 Å². The van der Waals surface area contributed by atoms with Gasteiger partial charge in [-0.25, -0.2) is 9.78 Å². The summed E-state index contributed by atoms with van der Waals surface area (Å²) < 4.78 is 0.948. The van der Waals surface area contributed by atoms with Crippen molar-refractivity contribution in [3.63, 3.8) is 0 Å². The molecule has 0 unspecified atom stereocenters. The second-order valence-corrected chi connectivity index (χ2v) is 3.10. The van der Waals surface area contributed by atoms with Crippen LogP contribution in [-0.2, 0) is 0 Å². The van der Waals surface area contributed by atoms with Gasteiger partial charge in [0, 0.05) is 6.54 Å². The van der Waals surface area contributed by atoms with Crippen LogP contribution in [0.4, 0.5) is 0 Å². The van der Waals surface area contributed by atoms with E-state index in [0.29, 0.717) is 12.1 Å². The molecule has 2 aromatic heterocycles. The molecule has 15 heavy (non-hydrogen) atoms. The first-order valence-electron chi connectivity index (χ1n) is 4.66. The fraction of sp³-hybridized carbons (Fsp3) is 0.375. The molecule has 0 aliphatic rings. The number of hydrogen-bond donors (Lipinski definition) is 3. The summed E-state index contributed by atoms with van der Waals surface area (Å²) in [6, 6.07) is 0. The zero-order valence-electron chi connectivity index (χ0n) is 8.20. The van der Waals surface area contributed by atoms with Gasteiger partial charge in [0.2, 0.25) is 0 Å². The highest BCUT2D eigenvalue weighted by molar-refractivity contribution is 5.67. The van der Waals surface area contributed by atoms with Crippen molar-refractivity contribution < 1.29 is 0 Å². The van der Waals surface area contributed by atoms with Crippen molar-refractivity contribution >= 4 is 11.2 Å². The smallest absolute Gasteiger partial charge is 0.339 e. The van der Waals surface area contributed by atoms with Crippen molar-refractivity contribution in [2.24, 2.45) is 0 Å². The van der Waals surface area contributed by atoms with E-state index in [0.717, 1.165) is 11.1 Å². The quantitative estimate of drug-likeness (QED) is 0.627. The molecule has 7 heteroatoms. The van der Waals surface area contributed by atoms with Crippen LogP contribution < -0.4 is 16.7 Å². The van der Waals surface area contributed by atoms with Gasteiger partial charge < -0.3 is 10.4 Å². The normalized spacial score (nSPS) is 10.7. The Morgan fingerprint density at radius 2 is 2.33 bits per heavy atom. The molecule has 2 heterocycles. The average molecular weight is 209 g/mol. The Morgan fingerprint density at radius 1 is 1.53 bits per heavy atom. The molecule has 0 aliphatic heterocycles. The first kappa shape index (κ1) is 9.50. The van der Waals surface area contributed by atoms with Gasteiger partial charge in [-0.15, -0.1) is 0 Å². The molecule has 0 amide bonds. The Kier molecular flexibility index (Phi) is 2.28. The van der Waals surface area contributed by atoms with Gasteiger partial charge >= 0.3 is 11.2 Å². The molecule has 0 aliphatic carbocycles. The van der Waals surface area contributed by atoms with Crippen LogP contribution in [0.3, 0.4) is 0 Å². The molecule has 80 valence electrons. The maximum absolute atomic E-state index is 11.7. The molecule has 0 atom stereocenters. The van der Waals surface area contributed by atoms with Crippen LogP contribution >= 0.6 is 0 Å². The molecule has 0 radical (unpaired) electrons. The summed E-state index contributed by atoms with van der Waals surface area (Å²) >= 11 is 0. The van der Waals surface area contributed by atoms with Gasteiger partial charge in [-0.3, -0.25) is 9.78 Å². The summed E-state index contributed by atoms with van der Waals surface area (Å²) in [5.41, 5.74) is 2.37. The van der Waals surface area contributed by atoms with Crippen molar-refractivity contribution in [1.82, 2.24) is 19.6 Å². The Labute approximate surface area is 84.1 Å². The second kappa shape index (κ2) is 3.60. The van der Waals surface area contributed by atoms with Gasteiger partial charge in [0.05, 0.1) is 6.33 Å². The van der Waals surface area contributed by atoms with E-state index in [1.54, 1.807) is 0 Å². The topological polar surface area (TPSA) is 95.6 Å². The van der Waals surface area contributed by atoms with E-state index in [9.17, 15) is 9.59 Å². The number of aromatic amines is 2. The van der Waals surface area contributed by atoms with Crippen LogP contribution in [0.25, 0.3) is 11.2 Å². The van der Waals surface area contributed by atoms with Crippen LogP contribution in [0.2, 0.25) is 0 Å². The molecule has 3 N–H and O–H groups in total. The predicted octanol–water partition coefficient (Wildman–Crippen LogP) is -0.634. The highest BCUT2D eigenvalue weighted by Crippen LogP contribution is 1.93. The number of rotatable bonds is 3. The third-order valence-corrected chi connectivity index (χ3v) is 2.00. The summed E-state index contributed by atoms with van der Waals surface area (Å²) in [6.45, 7) is 2.50. The molecule has 0 saturated heterocycles. The SMILES string of the molecule is CCCNn1c(=O)[nH]c2nc[nH]c2c1=O. The number of imidazole rings is 1. The number of H-pyrrole nitrogens is 2. The largest absolute Gasteiger partial charge is 0.349 e. The first-order chi connectivity index (χ1) is 7.24. The molecule has 0 spiro atoms. The predicted molar refractivity (Wildman–Crippen MR) is 55.5 cm³/mol. The Morgan fingerprint density at radius 3 is 3.07 bits per heavy atom. The van der Waals surface area contributed by atoms with Gasteiger partial charge in [0.15, 0.2) is 11.2 Å². The van der Waals surface area contributed by atoms with Gasteiger partial charge in [-0.1, -0.05) is 6.92 Å². The molecule has 0 aromatic carbocycles. The molecule has 7 nitrogen and oxygen atoms in total. The minimum Gasteiger partial charge on any atom is -0.339 e. The lowest BCUT2D eigenvalue weighted by molar-refractivity contribution is 0.738. The van der Waals surface area contributed by atoms with Crippen molar-refractivity contribution in [2.75, 3.05) is 12.0 Å². The van der Waals surface area contributed by atoms with Crippen LogP contribution in [0, 0.1) is 0 Å². The highest BCUT2D eigenvalue weighted by atomic mass is 16.2. The summed E-state index contributed by atoms with van der Waals surface area (Å²) in [5, 5.41) is 0. The third kappa shape index (κ3) is 1.51. The van der Waals surface area contributed by atoms with E-state index in [4.69, 9.17) is 0 Å². The lowest BCUT2D eigenvalue weighted by Gasteiger charge is -2.05. The van der Waals surface area contributed by atoms with Crippen molar-refractivity contribution in [3.8, 4) is 0 Å².